The number of ketones is 1. The van der Waals surface area contributed by atoms with Crippen molar-refractivity contribution in [2.24, 2.45) is 0 Å². The third-order valence-corrected chi connectivity index (χ3v) is 4.95. The minimum atomic E-state index is -0.259. The minimum Gasteiger partial charge on any atom is -0.385 e. The first-order valence-corrected chi connectivity index (χ1v) is 8.95. The summed E-state index contributed by atoms with van der Waals surface area (Å²) in [6, 6.07) is 1.93. The van der Waals surface area contributed by atoms with Gasteiger partial charge in [0.25, 0.3) is 0 Å². The van der Waals surface area contributed by atoms with Crippen LogP contribution >= 0.6 is 11.8 Å². The number of hydrogen-bond acceptors (Lipinski definition) is 5. The van der Waals surface area contributed by atoms with E-state index in [1.54, 1.807) is 11.7 Å². The van der Waals surface area contributed by atoms with E-state index in [4.69, 9.17) is 4.74 Å². The van der Waals surface area contributed by atoms with Crippen molar-refractivity contribution in [3.8, 4) is 0 Å². The number of nitrogens with one attached hydrogen (secondary N) is 1. The standard InChI is InChI=1S/C16H24N4O3S/c1-5-19-11(2)9-13(12(19)3)14(21)10-24-16-18-17-15(22)20(16)7-6-8-23-4/h9H,5-8,10H2,1-4H3,(H,17,22). The number of methoxy groups -OCH3 is 1. The Kier molecular flexibility index (Phi) is 6.44. The van der Waals surface area contributed by atoms with Gasteiger partial charge in [-0.15, -0.1) is 5.10 Å². The van der Waals surface area contributed by atoms with Gasteiger partial charge in [0.1, 0.15) is 0 Å². The highest BCUT2D eigenvalue weighted by Crippen LogP contribution is 2.20. The van der Waals surface area contributed by atoms with Gasteiger partial charge < -0.3 is 9.30 Å². The van der Waals surface area contributed by atoms with Crippen LogP contribution in [0, 0.1) is 13.8 Å². The molecule has 8 heteroatoms. The van der Waals surface area contributed by atoms with E-state index in [-0.39, 0.29) is 17.2 Å². The number of Topliss-reactive ketones (excluding diaryl/α,β-unsaturated/α-hetero) is 1. The number of carbonyl (C=O) groups is 1. The number of thioether (sulfide) groups is 1. The summed E-state index contributed by atoms with van der Waals surface area (Å²) in [6.07, 6.45) is 0.717. The molecular formula is C16H24N4O3S. The number of ether oxygens (including phenoxy) is 1. The molecule has 0 bridgehead atoms. The summed E-state index contributed by atoms with van der Waals surface area (Å²) >= 11 is 1.28. The van der Waals surface area contributed by atoms with Gasteiger partial charge in [-0.3, -0.25) is 9.36 Å². The van der Waals surface area contributed by atoms with E-state index in [1.165, 1.54) is 11.8 Å². The average Bonchev–Trinajstić information content (AvgIpc) is 3.05. The number of aromatic nitrogens is 4. The fraction of sp³-hybridized carbons (Fsp3) is 0.562. The molecular weight excluding hydrogens is 328 g/mol. The molecule has 0 fully saturated rings. The van der Waals surface area contributed by atoms with E-state index < -0.39 is 0 Å². The third-order valence-electron chi connectivity index (χ3n) is 3.98. The molecule has 0 saturated heterocycles. The summed E-state index contributed by atoms with van der Waals surface area (Å²) in [4.78, 5) is 24.3. The van der Waals surface area contributed by atoms with Crippen molar-refractivity contribution in [2.75, 3.05) is 19.5 Å². The smallest absolute Gasteiger partial charge is 0.343 e. The Morgan fingerprint density at radius 3 is 2.75 bits per heavy atom. The van der Waals surface area contributed by atoms with Crippen LogP contribution in [0.3, 0.4) is 0 Å². The molecule has 2 rings (SSSR count). The Bertz CT molecular complexity index is 760. The van der Waals surface area contributed by atoms with Gasteiger partial charge in [0, 0.05) is 43.8 Å². The Morgan fingerprint density at radius 1 is 1.38 bits per heavy atom. The molecule has 0 atom stereocenters. The minimum absolute atomic E-state index is 0.0479. The van der Waals surface area contributed by atoms with E-state index >= 15 is 0 Å². The molecule has 0 saturated carbocycles. The molecule has 0 amide bonds. The first-order chi connectivity index (χ1) is 11.5. The largest absolute Gasteiger partial charge is 0.385 e. The number of aryl methyl sites for hydroxylation is 1. The first-order valence-electron chi connectivity index (χ1n) is 7.96. The predicted molar refractivity (Wildman–Crippen MR) is 94.0 cm³/mol. The van der Waals surface area contributed by atoms with E-state index in [1.807, 2.05) is 19.9 Å². The number of hydrogen-bond donors (Lipinski definition) is 1. The molecule has 0 unspecified atom stereocenters. The van der Waals surface area contributed by atoms with Crippen LogP contribution in [0.4, 0.5) is 0 Å². The molecule has 0 aromatic carbocycles. The summed E-state index contributed by atoms with van der Waals surface area (Å²) in [5.74, 6) is 0.300. The molecule has 2 aromatic rings. The van der Waals surface area contributed by atoms with Gasteiger partial charge in [0.2, 0.25) is 0 Å². The van der Waals surface area contributed by atoms with Crippen molar-refractivity contribution in [3.05, 3.63) is 33.5 Å². The topological polar surface area (TPSA) is 81.9 Å². The van der Waals surface area contributed by atoms with E-state index in [0.29, 0.717) is 18.3 Å². The van der Waals surface area contributed by atoms with Gasteiger partial charge >= 0.3 is 5.69 Å². The monoisotopic (exact) mass is 352 g/mol. The van der Waals surface area contributed by atoms with E-state index in [9.17, 15) is 9.59 Å². The SMILES string of the molecule is CCn1c(C)cc(C(=O)CSc2n[nH]c(=O)n2CCCOC)c1C. The molecule has 2 aromatic heterocycles. The third kappa shape index (κ3) is 3.99. The lowest BCUT2D eigenvalue weighted by Crippen LogP contribution is -2.18. The molecule has 7 nitrogen and oxygen atoms in total. The number of aromatic amines is 1. The van der Waals surface area contributed by atoms with Gasteiger partial charge in [-0.1, -0.05) is 11.8 Å². The lowest BCUT2D eigenvalue weighted by Gasteiger charge is -2.06. The molecule has 0 spiro atoms. The lowest BCUT2D eigenvalue weighted by molar-refractivity contribution is 0.102. The van der Waals surface area contributed by atoms with Crippen molar-refractivity contribution in [2.45, 2.75) is 45.4 Å². The second-order valence-corrected chi connectivity index (χ2v) is 6.49. The fourth-order valence-corrected chi connectivity index (χ4v) is 3.61. The quantitative estimate of drug-likeness (QED) is 0.424. The Morgan fingerprint density at radius 2 is 2.12 bits per heavy atom. The zero-order valence-electron chi connectivity index (χ0n) is 14.6. The number of nitrogens with zero attached hydrogens (tertiary/aromatic N) is 3. The maximum Gasteiger partial charge on any atom is 0.343 e. The van der Waals surface area contributed by atoms with E-state index in [2.05, 4.69) is 21.7 Å². The summed E-state index contributed by atoms with van der Waals surface area (Å²) in [5, 5.41) is 6.99. The van der Waals surface area contributed by atoms with Crippen LogP contribution in [0.1, 0.15) is 35.1 Å². The number of carbonyl (C=O) groups excluding carboxylic acids is 1. The number of H-pyrrole nitrogens is 1. The highest BCUT2D eigenvalue weighted by atomic mass is 32.2. The molecule has 0 aliphatic carbocycles. The van der Waals surface area contributed by atoms with Crippen LogP contribution in [0.15, 0.2) is 16.0 Å². The maximum absolute atomic E-state index is 12.5. The fourth-order valence-electron chi connectivity index (χ4n) is 2.76. The molecule has 0 radical (unpaired) electrons. The second-order valence-electron chi connectivity index (χ2n) is 5.55. The van der Waals surface area contributed by atoms with Crippen molar-refractivity contribution >= 4 is 17.5 Å². The van der Waals surface area contributed by atoms with Crippen LogP contribution in [0.2, 0.25) is 0 Å². The van der Waals surface area contributed by atoms with Crippen LogP contribution in [0.5, 0.6) is 0 Å². The maximum atomic E-state index is 12.5. The Labute approximate surface area is 145 Å². The predicted octanol–water partition coefficient (Wildman–Crippen LogP) is 2.02. The molecule has 132 valence electrons. The van der Waals surface area contributed by atoms with Gasteiger partial charge in [-0.2, -0.15) is 0 Å². The zero-order chi connectivity index (χ0) is 17.7. The van der Waals surface area contributed by atoms with Gasteiger partial charge in [-0.25, -0.2) is 9.89 Å². The Balaban J connectivity index is 2.06. The van der Waals surface area contributed by atoms with Gasteiger partial charge in [0.05, 0.1) is 5.75 Å². The van der Waals surface area contributed by atoms with Crippen molar-refractivity contribution in [1.82, 2.24) is 19.3 Å². The highest BCUT2D eigenvalue weighted by molar-refractivity contribution is 7.99. The average molecular weight is 352 g/mol. The summed E-state index contributed by atoms with van der Waals surface area (Å²) in [5.41, 5.74) is 2.55. The van der Waals surface area contributed by atoms with Crippen LogP contribution < -0.4 is 5.69 Å². The first kappa shape index (κ1) is 18.5. The molecule has 0 aliphatic heterocycles. The van der Waals surface area contributed by atoms with E-state index in [0.717, 1.165) is 29.9 Å². The Hall–Kier alpha value is -1.80. The van der Waals surface area contributed by atoms with Gasteiger partial charge in [0.15, 0.2) is 10.9 Å². The van der Waals surface area contributed by atoms with Gasteiger partial charge in [-0.05, 0) is 33.3 Å². The molecule has 24 heavy (non-hydrogen) atoms. The van der Waals surface area contributed by atoms with Crippen LogP contribution in [-0.4, -0.2) is 44.6 Å². The van der Waals surface area contributed by atoms with Crippen molar-refractivity contribution in [1.29, 1.82) is 0 Å². The molecule has 2 heterocycles. The van der Waals surface area contributed by atoms with Crippen molar-refractivity contribution in [3.63, 3.8) is 0 Å². The lowest BCUT2D eigenvalue weighted by atomic mass is 10.2. The molecule has 0 aliphatic rings. The number of rotatable bonds is 9. The van der Waals surface area contributed by atoms with Crippen molar-refractivity contribution < 1.29 is 9.53 Å². The van der Waals surface area contributed by atoms with Crippen LogP contribution in [-0.2, 0) is 17.8 Å². The van der Waals surface area contributed by atoms with Crippen LogP contribution in [0.25, 0.3) is 0 Å². The summed E-state index contributed by atoms with van der Waals surface area (Å²) in [6.45, 7) is 7.96. The highest BCUT2D eigenvalue weighted by Gasteiger charge is 2.17. The summed E-state index contributed by atoms with van der Waals surface area (Å²) in [7, 11) is 1.62. The zero-order valence-corrected chi connectivity index (χ0v) is 15.4. The molecule has 1 N–H and O–H groups in total. The second kappa shape index (κ2) is 8.34. The summed E-state index contributed by atoms with van der Waals surface area (Å²) < 4.78 is 8.67. The normalized spacial score (nSPS) is 11.2.